The van der Waals surface area contributed by atoms with Crippen LogP contribution >= 0.6 is 0 Å². The number of rotatable bonds is 6. The van der Waals surface area contributed by atoms with E-state index in [1.807, 2.05) is 43.0 Å². The molecule has 1 aromatic heterocycles. The summed E-state index contributed by atoms with van der Waals surface area (Å²) in [6.07, 6.45) is 2.59. The minimum atomic E-state index is -0.675. The molecule has 1 amide bonds. The molecule has 1 aliphatic carbocycles. The van der Waals surface area contributed by atoms with Gasteiger partial charge in [0.05, 0.1) is 12.0 Å². The van der Waals surface area contributed by atoms with Crippen LogP contribution in [-0.4, -0.2) is 41.6 Å². The van der Waals surface area contributed by atoms with Gasteiger partial charge in [-0.05, 0) is 45.1 Å². The molecule has 0 bridgehead atoms. The average Bonchev–Trinajstić information content (AvgIpc) is 3.29. The van der Waals surface area contributed by atoms with Crippen LogP contribution in [0.25, 0.3) is 11.3 Å². The number of carbonyl (C=O) groups excluding carboxylic acids is 2. The second kappa shape index (κ2) is 8.25. The largest absolute Gasteiger partial charge is 0.466 e. The number of piperidine rings is 1. The summed E-state index contributed by atoms with van der Waals surface area (Å²) >= 11 is 0. The predicted molar refractivity (Wildman–Crippen MR) is 113 cm³/mol. The first-order valence-corrected chi connectivity index (χ1v) is 10.9. The molecule has 2 atom stereocenters. The Kier molecular flexibility index (Phi) is 5.67. The predicted octanol–water partition coefficient (Wildman–Crippen LogP) is 4.02. The van der Waals surface area contributed by atoms with Crippen molar-refractivity contribution in [2.24, 2.45) is 17.3 Å². The lowest BCUT2D eigenvalue weighted by Crippen LogP contribution is -2.48. The first-order chi connectivity index (χ1) is 14.4. The fourth-order valence-electron chi connectivity index (χ4n) is 4.46. The molecule has 4 rings (SSSR count). The normalized spacial score (nSPS) is 22.6. The van der Waals surface area contributed by atoms with Gasteiger partial charge >= 0.3 is 5.97 Å². The van der Waals surface area contributed by atoms with E-state index < -0.39 is 5.41 Å². The van der Waals surface area contributed by atoms with Crippen LogP contribution in [-0.2, 0) is 20.7 Å². The maximum Gasteiger partial charge on any atom is 0.312 e. The molecule has 1 aliphatic heterocycles. The van der Waals surface area contributed by atoms with E-state index in [0.29, 0.717) is 50.6 Å². The Balaban J connectivity index is 1.50. The zero-order valence-corrected chi connectivity index (χ0v) is 18.0. The molecule has 1 saturated carbocycles. The number of amides is 1. The van der Waals surface area contributed by atoms with E-state index in [4.69, 9.17) is 9.26 Å². The zero-order chi connectivity index (χ0) is 21.3. The number of nitrogens with zero attached hydrogens (tertiary/aromatic N) is 2. The van der Waals surface area contributed by atoms with Crippen LogP contribution in [0, 0.1) is 24.2 Å². The minimum Gasteiger partial charge on any atom is -0.466 e. The molecule has 2 heterocycles. The van der Waals surface area contributed by atoms with Crippen LogP contribution in [0.1, 0.15) is 44.4 Å². The van der Waals surface area contributed by atoms with Crippen molar-refractivity contribution in [3.8, 4) is 11.3 Å². The van der Waals surface area contributed by atoms with Gasteiger partial charge in [0.2, 0.25) is 5.91 Å². The van der Waals surface area contributed by atoms with Gasteiger partial charge in [-0.1, -0.05) is 35.8 Å². The fourth-order valence-corrected chi connectivity index (χ4v) is 4.46. The third-order valence-electron chi connectivity index (χ3n) is 6.55. The molecule has 2 aromatic rings. The quantitative estimate of drug-likeness (QED) is 0.673. The van der Waals surface area contributed by atoms with Crippen LogP contribution in [0.3, 0.4) is 0 Å². The molecule has 2 aliphatic rings. The monoisotopic (exact) mass is 410 g/mol. The van der Waals surface area contributed by atoms with Crippen molar-refractivity contribution in [1.82, 2.24) is 10.1 Å². The number of aryl methyl sites for hydroxylation is 1. The van der Waals surface area contributed by atoms with Crippen molar-refractivity contribution in [3.05, 3.63) is 41.7 Å². The van der Waals surface area contributed by atoms with Crippen molar-refractivity contribution < 1.29 is 18.8 Å². The Morgan fingerprint density at radius 3 is 2.63 bits per heavy atom. The Morgan fingerprint density at radius 1 is 1.27 bits per heavy atom. The van der Waals surface area contributed by atoms with E-state index in [1.54, 1.807) is 0 Å². The van der Waals surface area contributed by atoms with Crippen LogP contribution in [0.4, 0.5) is 0 Å². The molecule has 160 valence electrons. The van der Waals surface area contributed by atoms with Crippen molar-refractivity contribution in [1.29, 1.82) is 0 Å². The minimum absolute atomic E-state index is 0.172. The third-order valence-corrected chi connectivity index (χ3v) is 6.55. The summed E-state index contributed by atoms with van der Waals surface area (Å²) in [5, 5.41) is 4.22. The molecule has 30 heavy (non-hydrogen) atoms. The summed E-state index contributed by atoms with van der Waals surface area (Å²) in [7, 11) is 0. The molecular weight excluding hydrogens is 380 g/mol. The number of hydrogen-bond acceptors (Lipinski definition) is 5. The molecule has 1 saturated heterocycles. The van der Waals surface area contributed by atoms with Crippen LogP contribution in [0.5, 0.6) is 0 Å². The second-order valence-corrected chi connectivity index (χ2v) is 8.87. The van der Waals surface area contributed by atoms with E-state index in [2.05, 4.69) is 18.1 Å². The number of aromatic nitrogens is 1. The van der Waals surface area contributed by atoms with Gasteiger partial charge < -0.3 is 14.2 Å². The number of ether oxygens (including phenoxy) is 1. The number of benzene rings is 1. The molecule has 6 nitrogen and oxygen atoms in total. The Morgan fingerprint density at radius 2 is 2.00 bits per heavy atom. The van der Waals surface area contributed by atoms with Gasteiger partial charge in [0, 0.05) is 37.1 Å². The lowest BCUT2D eigenvalue weighted by atomic mass is 9.74. The van der Waals surface area contributed by atoms with Gasteiger partial charge in [-0.15, -0.1) is 0 Å². The zero-order valence-electron chi connectivity index (χ0n) is 18.0. The maximum absolute atomic E-state index is 12.9. The van der Waals surface area contributed by atoms with Crippen LogP contribution < -0.4 is 0 Å². The number of likely N-dealkylation sites (tertiary alicyclic amines) is 1. The maximum atomic E-state index is 12.9. The molecule has 6 heteroatoms. The van der Waals surface area contributed by atoms with Crippen molar-refractivity contribution in [2.45, 2.75) is 46.5 Å². The van der Waals surface area contributed by atoms with Gasteiger partial charge in [0.15, 0.2) is 0 Å². The highest BCUT2D eigenvalue weighted by Crippen LogP contribution is 2.42. The second-order valence-electron chi connectivity index (χ2n) is 8.87. The Bertz CT molecular complexity index is 927. The van der Waals surface area contributed by atoms with Crippen molar-refractivity contribution in [2.75, 3.05) is 19.7 Å². The van der Waals surface area contributed by atoms with E-state index in [0.717, 1.165) is 23.2 Å². The lowest BCUT2D eigenvalue weighted by molar-refractivity contribution is -0.160. The first-order valence-electron chi connectivity index (χ1n) is 10.9. The average molecular weight is 411 g/mol. The standard InChI is InChI=1S/C24H30N2O4/c1-4-29-23(28)24(8-10-26(11-9-24)22(27)20-13-17(20)3)15-19-14-21(25-30-19)18-7-5-6-16(2)12-18/h5-7,12,14,17,20H,4,8-11,13,15H2,1-3H3/t17-,20-/m1/s1. The molecule has 1 aromatic carbocycles. The van der Waals surface area contributed by atoms with Crippen LogP contribution in [0.15, 0.2) is 34.9 Å². The summed E-state index contributed by atoms with van der Waals surface area (Å²) in [6, 6.07) is 10.0. The summed E-state index contributed by atoms with van der Waals surface area (Å²) in [6.45, 7) is 7.49. The van der Waals surface area contributed by atoms with Gasteiger partial charge in [-0.2, -0.15) is 0 Å². The lowest BCUT2D eigenvalue weighted by Gasteiger charge is -2.39. The highest BCUT2D eigenvalue weighted by atomic mass is 16.5. The molecule has 0 N–H and O–H groups in total. The highest BCUT2D eigenvalue weighted by Gasteiger charge is 2.47. The third kappa shape index (κ3) is 4.13. The van der Waals surface area contributed by atoms with Gasteiger partial charge in [-0.3, -0.25) is 9.59 Å². The molecular formula is C24H30N2O4. The van der Waals surface area contributed by atoms with E-state index >= 15 is 0 Å². The van der Waals surface area contributed by atoms with E-state index in [9.17, 15) is 9.59 Å². The number of esters is 1. The van der Waals surface area contributed by atoms with Gasteiger partial charge in [-0.25, -0.2) is 0 Å². The molecule has 0 unspecified atom stereocenters. The first kappa shape index (κ1) is 20.6. The smallest absolute Gasteiger partial charge is 0.312 e. The highest BCUT2D eigenvalue weighted by molar-refractivity contribution is 5.82. The summed E-state index contributed by atoms with van der Waals surface area (Å²) in [4.78, 5) is 27.5. The molecule has 2 fully saturated rings. The SMILES string of the molecule is CCOC(=O)C1(Cc2cc(-c3cccc(C)c3)no2)CCN(C(=O)[C@@H]2C[C@H]2C)CC1. The Hall–Kier alpha value is -2.63. The van der Waals surface area contributed by atoms with Crippen molar-refractivity contribution >= 4 is 11.9 Å². The topological polar surface area (TPSA) is 72.6 Å². The summed E-state index contributed by atoms with van der Waals surface area (Å²) in [5.74, 6) is 1.37. The molecule has 0 radical (unpaired) electrons. The Labute approximate surface area is 177 Å². The van der Waals surface area contributed by atoms with Gasteiger partial charge in [0.1, 0.15) is 11.5 Å². The molecule has 0 spiro atoms. The number of carbonyl (C=O) groups is 2. The van der Waals surface area contributed by atoms with Gasteiger partial charge in [0.25, 0.3) is 0 Å². The van der Waals surface area contributed by atoms with E-state index in [1.165, 1.54) is 0 Å². The summed E-state index contributed by atoms with van der Waals surface area (Å²) in [5.41, 5.74) is 2.24. The van der Waals surface area contributed by atoms with Crippen molar-refractivity contribution in [3.63, 3.8) is 0 Å². The fraction of sp³-hybridized carbons (Fsp3) is 0.542. The number of hydrogen-bond donors (Lipinski definition) is 0. The van der Waals surface area contributed by atoms with E-state index in [-0.39, 0.29) is 17.8 Å². The van der Waals surface area contributed by atoms with Crippen LogP contribution in [0.2, 0.25) is 0 Å². The summed E-state index contributed by atoms with van der Waals surface area (Å²) < 4.78 is 11.0.